The monoisotopic (exact) mass is 259 g/mol. The van der Waals surface area contributed by atoms with Gasteiger partial charge in [0, 0.05) is 12.2 Å². The number of hydrogen-bond donors (Lipinski definition) is 1. The third kappa shape index (κ3) is 4.02. The summed E-state index contributed by atoms with van der Waals surface area (Å²) in [7, 11) is 1.69. The second-order valence-corrected chi connectivity index (χ2v) is 5.41. The highest BCUT2D eigenvalue weighted by Crippen LogP contribution is 2.30. The predicted octanol–water partition coefficient (Wildman–Crippen LogP) is 4.49. The maximum absolute atomic E-state index is 5.17. The van der Waals surface area contributed by atoms with Gasteiger partial charge in [0.25, 0.3) is 0 Å². The van der Waals surface area contributed by atoms with Crippen molar-refractivity contribution in [3.63, 3.8) is 0 Å². The van der Waals surface area contributed by atoms with Crippen molar-refractivity contribution in [1.82, 2.24) is 0 Å². The van der Waals surface area contributed by atoms with E-state index in [0.29, 0.717) is 5.92 Å². The Morgan fingerprint density at radius 1 is 1.26 bits per heavy atom. The van der Waals surface area contributed by atoms with Gasteiger partial charge in [-0.15, -0.1) is 6.58 Å². The summed E-state index contributed by atoms with van der Waals surface area (Å²) in [6.45, 7) is 5.00. The van der Waals surface area contributed by atoms with Gasteiger partial charge in [0.1, 0.15) is 5.75 Å². The molecule has 104 valence electrons. The van der Waals surface area contributed by atoms with Crippen molar-refractivity contribution in [3.05, 3.63) is 36.9 Å². The molecule has 19 heavy (non-hydrogen) atoms. The largest absolute Gasteiger partial charge is 0.497 e. The maximum Gasteiger partial charge on any atom is 0.119 e. The first-order valence-corrected chi connectivity index (χ1v) is 7.34. The van der Waals surface area contributed by atoms with Crippen molar-refractivity contribution in [2.45, 2.75) is 32.1 Å². The molecule has 1 atom stereocenters. The molecule has 1 fully saturated rings. The number of ether oxygens (including phenoxy) is 1. The van der Waals surface area contributed by atoms with Gasteiger partial charge in [-0.25, -0.2) is 0 Å². The number of methoxy groups -OCH3 is 1. The van der Waals surface area contributed by atoms with Crippen molar-refractivity contribution < 1.29 is 4.74 Å². The third-order valence-electron chi connectivity index (χ3n) is 4.19. The minimum Gasteiger partial charge on any atom is -0.497 e. The molecule has 0 aliphatic heterocycles. The minimum atomic E-state index is 0.586. The molecule has 1 saturated carbocycles. The van der Waals surface area contributed by atoms with Crippen LogP contribution in [0.25, 0.3) is 0 Å². The van der Waals surface area contributed by atoms with Crippen LogP contribution in [-0.2, 0) is 0 Å². The molecule has 0 heterocycles. The van der Waals surface area contributed by atoms with Crippen LogP contribution in [0.5, 0.6) is 5.75 Å². The van der Waals surface area contributed by atoms with E-state index in [1.807, 2.05) is 12.1 Å². The van der Waals surface area contributed by atoms with Crippen LogP contribution >= 0.6 is 0 Å². The van der Waals surface area contributed by atoms with E-state index in [-0.39, 0.29) is 0 Å². The summed E-state index contributed by atoms with van der Waals surface area (Å²) in [5.74, 6) is 2.30. The van der Waals surface area contributed by atoms with Crippen molar-refractivity contribution >= 4 is 5.69 Å². The van der Waals surface area contributed by atoms with E-state index in [4.69, 9.17) is 4.74 Å². The first-order chi connectivity index (χ1) is 9.33. The second kappa shape index (κ2) is 7.22. The topological polar surface area (TPSA) is 21.3 Å². The van der Waals surface area contributed by atoms with Crippen LogP contribution in [0.2, 0.25) is 0 Å². The lowest BCUT2D eigenvalue weighted by Gasteiger charge is -2.28. The highest BCUT2D eigenvalue weighted by molar-refractivity contribution is 5.46. The van der Waals surface area contributed by atoms with Crippen LogP contribution < -0.4 is 10.1 Å². The van der Waals surface area contributed by atoms with Crippen LogP contribution in [0.3, 0.4) is 0 Å². The zero-order valence-electron chi connectivity index (χ0n) is 11.9. The number of nitrogens with one attached hydrogen (secondary N) is 1. The Morgan fingerprint density at radius 3 is 2.53 bits per heavy atom. The van der Waals surface area contributed by atoms with Gasteiger partial charge >= 0.3 is 0 Å². The summed E-state index contributed by atoms with van der Waals surface area (Å²) in [5.41, 5.74) is 1.16. The normalized spacial score (nSPS) is 17.7. The highest BCUT2D eigenvalue weighted by Gasteiger charge is 2.20. The van der Waals surface area contributed by atoms with Crippen LogP contribution in [-0.4, -0.2) is 13.7 Å². The molecule has 0 aromatic heterocycles. The Labute approximate surface area is 116 Å². The lowest BCUT2D eigenvalue weighted by molar-refractivity contribution is 0.294. The van der Waals surface area contributed by atoms with E-state index in [2.05, 4.69) is 30.1 Å². The molecule has 1 aromatic carbocycles. The van der Waals surface area contributed by atoms with Crippen molar-refractivity contribution in [2.75, 3.05) is 19.0 Å². The van der Waals surface area contributed by atoms with Crippen molar-refractivity contribution in [1.29, 1.82) is 0 Å². The minimum absolute atomic E-state index is 0.586. The van der Waals surface area contributed by atoms with Crippen molar-refractivity contribution in [2.24, 2.45) is 11.8 Å². The average Bonchev–Trinajstić information content (AvgIpc) is 2.49. The van der Waals surface area contributed by atoms with Crippen LogP contribution in [0.4, 0.5) is 5.69 Å². The quantitative estimate of drug-likeness (QED) is 0.760. The Kier molecular flexibility index (Phi) is 5.31. The molecule has 1 N–H and O–H groups in total. The fourth-order valence-electron chi connectivity index (χ4n) is 2.95. The van der Waals surface area contributed by atoms with E-state index in [1.54, 1.807) is 7.11 Å². The van der Waals surface area contributed by atoms with Gasteiger partial charge in [-0.3, -0.25) is 0 Å². The number of benzene rings is 1. The lowest BCUT2D eigenvalue weighted by Crippen LogP contribution is -2.23. The van der Waals surface area contributed by atoms with Gasteiger partial charge in [-0.1, -0.05) is 25.3 Å². The van der Waals surface area contributed by atoms with Gasteiger partial charge in [-0.05, 0) is 48.9 Å². The molecule has 2 nitrogen and oxygen atoms in total. The zero-order chi connectivity index (χ0) is 13.5. The number of rotatable bonds is 6. The third-order valence-corrected chi connectivity index (χ3v) is 4.19. The lowest BCUT2D eigenvalue weighted by atomic mass is 9.80. The van der Waals surface area contributed by atoms with Gasteiger partial charge in [0.15, 0.2) is 0 Å². The summed E-state index contributed by atoms with van der Waals surface area (Å²) in [6, 6.07) is 8.12. The molecule has 0 bridgehead atoms. The van der Waals surface area contributed by atoms with E-state index in [0.717, 1.165) is 23.9 Å². The van der Waals surface area contributed by atoms with Crippen molar-refractivity contribution in [3.8, 4) is 5.75 Å². The summed E-state index contributed by atoms with van der Waals surface area (Å²) in [5, 5.41) is 3.52. The Morgan fingerprint density at radius 2 is 1.95 bits per heavy atom. The Bertz CT molecular complexity index is 379. The van der Waals surface area contributed by atoms with E-state index >= 15 is 0 Å². The Hall–Kier alpha value is -1.44. The molecule has 1 aliphatic rings. The van der Waals surface area contributed by atoms with Gasteiger partial charge in [0.2, 0.25) is 0 Å². The average molecular weight is 259 g/mol. The predicted molar refractivity (Wildman–Crippen MR) is 81.7 cm³/mol. The van der Waals surface area contributed by atoms with Crippen LogP contribution in [0, 0.1) is 11.8 Å². The molecule has 1 unspecified atom stereocenters. The first kappa shape index (κ1) is 14.0. The molecular formula is C17H25NO. The van der Waals surface area contributed by atoms with Gasteiger partial charge in [0.05, 0.1) is 7.11 Å². The van der Waals surface area contributed by atoms with E-state index in [1.165, 1.54) is 32.1 Å². The second-order valence-electron chi connectivity index (χ2n) is 5.41. The molecule has 0 spiro atoms. The summed E-state index contributed by atoms with van der Waals surface area (Å²) in [6.07, 6.45) is 9.04. The Balaban J connectivity index is 1.85. The van der Waals surface area contributed by atoms with E-state index < -0.39 is 0 Å². The molecule has 2 heteroatoms. The molecule has 0 amide bonds. The van der Waals surface area contributed by atoms with Crippen LogP contribution in [0.15, 0.2) is 36.9 Å². The SMILES string of the molecule is C=CC(CNc1ccc(OC)cc1)C1CCCCC1. The highest BCUT2D eigenvalue weighted by atomic mass is 16.5. The summed E-state index contributed by atoms with van der Waals surface area (Å²) >= 11 is 0. The van der Waals surface area contributed by atoms with Crippen LogP contribution in [0.1, 0.15) is 32.1 Å². The molecule has 1 aromatic rings. The number of hydrogen-bond acceptors (Lipinski definition) is 2. The molecule has 2 rings (SSSR count). The molecule has 0 saturated heterocycles. The number of anilines is 1. The van der Waals surface area contributed by atoms with E-state index in [9.17, 15) is 0 Å². The zero-order valence-corrected chi connectivity index (χ0v) is 11.9. The van der Waals surface area contributed by atoms with Gasteiger partial charge in [-0.2, -0.15) is 0 Å². The fourth-order valence-corrected chi connectivity index (χ4v) is 2.95. The standard InChI is InChI=1S/C17H25NO/c1-3-14(15-7-5-4-6-8-15)13-18-16-9-11-17(19-2)12-10-16/h3,9-12,14-15,18H,1,4-8,13H2,2H3. The molecular weight excluding hydrogens is 234 g/mol. The smallest absolute Gasteiger partial charge is 0.119 e. The fraction of sp³-hybridized carbons (Fsp3) is 0.529. The summed E-state index contributed by atoms with van der Waals surface area (Å²) in [4.78, 5) is 0. The summed E-state index contributed by atoms with van der Waals surface area (Å²) < 4.78 is 5.17. The molecule has 1 aliphatic carbocycles. The first-order valence-electron chi connectivity index (χ1n) is 7.34. The maximum atomic E-state index is 5.17. The molecule has 0 radical (unpaired) electrons. The van der Waals surface area contributed by atoms with Gasteiger partial charge < -0.3 is 10.1 Å².